The number of carbonyl (C=O) groups excluding carboxylic acids is 1. The Morgan fingerprint density at radius 3 is 2.27 bits per heavy atom. The molecule has 0 heterocycles. The number of amides is 1. The Labute approximate surface area is 139 Å². The average Bonchev–Trinajstić information content (AvgIpc) is 2.40. The molecule has 4 aliphatic rings. The van der Waals surface area contributed by atoms with Gasteiger partial charge in [0, 0.05) is 5.54 Å². The van der Waals surface area contributed by atoms with Crippen LogP contribution in [0, 0.1) is 23.2 Å². The molecule has 22 heavy (non-hydrogen) atoms. The third kappa shape index (κ3) is 3.37. The maximum absolute atomic E-state index is 12.7. The fourth-order valence-electron chi connectivity index (χ4n) is 4.93. The van der Waals surface area contributed by atoms with Gasteiger partial charge in [-0.2, -0.15) is 5.10 Å². The smallest absolute Gasteiger partial charge is 0.244 e. The normalized spacial score (nSPS) is 37.4. The van der Waals surface area contributed by atoms with Crippen molar-refractivity contribution in [2.75, 3.05) is 0 Å². The molecule has 0 saturated heterocycles. The molecule has 4 fully saturated rings. The van der Waals surface area contributed by atoms with Crippen LogP contribution in [0.3, 0.4) is 0 Å². The molecular formula is C14H23N5OS2. The minimum atomic E-state index is -0.502. The van der Waals surface area contributed by atoms with Crippen molar-refractivity contribution in [2.45, 2.75) is 48.6 Å². The molecule has 1 atom stereocenters. The number of hydrogen-bond acceptors (Lipinski definition) is 6. The molecule has 0 aromatic carbocycles. The Hall–Kier alpha value is -0.890. The number of hydrogen-bond donors (Lipinski definition) is 4. The summed E-state index contributed by atoms with van der Waals surface area (Å²) in [5, 5.41) is 14.1. The van der Waals surface area contributed by atoms with E-state index in [0.717, 1.165) is 48.8 Å². The molecule has 122 valence electrons. The first kappa shape index (κ1) is 16.0. The van der Waals surface area contributed by atoms with Gasteiger partial charge in [-0.25, -0.2) is 0 Å². The van der Waals surface area contributed by atoms with E-state index in [9.17, 15) is 4.79 Å². The van der Waals surface area contributed by atoms with Crippen molar-refractivity contribution in [3.63, 3.8) is 0 Å². The summed E-state index contributed by atoms with van der Waals surface area (Å²) in [5.41, 5.74) is 6.85. The molecule has 4 aliphatic carbocycles. The SMILES string of the molecule is N=C(N)SC(SC=NN)C(=O)NC12CC3CC(CC(C3)C1)C2. The van der Waals surface area contributed by atoms with E-state index in [2.05, 4.69) is 10.4 Å². The lowest BCUT2D eigenvalue weighted by molar-refractivity contribution is -0.124. The standard InChI is InChI=1S/C14H23N5OS2/c15-13(16)22-12(21-7-18-17)11(20)19-14-4-8-1-9(5-14)3-10(2-8)6-14/h7-10,12H,1-6,17H2,(H3,15,16)(H,19,20). The van der Waals surface area contributed by atoms with E-state index in [4.69, 9.17) is 17.0 Å². The van der Waals surface area contributed by atoms with Crippen LogP contribution in [-0.4, -0.2) is 26.7 Å². The second-order valence-corrected chi connectivity index (χ2v) is 9.29. The quantitative estimate of drug-likeness (QED) is 0.199. The second kappa shape index (κ2) is 6.31. The highest BCUT2D eigenvalue weighted by Gasteiger charge is 2.51. The van der Waals surface area contributed by atoms with Gasteiger partial charge in [0.05, 0.1) is 5.55 Å². The lowest BCUT2D eigenvalue weighted by Crippen LogP contribution is -2.60. The summed E-state index contributed by atoms with van der Waals surface area (Å²) in [6.07, 6.45) is 7.35. The Balaban J connectivity index is 1.67. The van der Waals surface area contributed by atoms with Crippen molar-refractivity contribution in [2.24, 2.45) is 34.4 Å². The van der Waals surface area contributed by atoms with Crippen LogP contribution in [0.2, 0.25) is 0 Å². The highest BCUT2D eigenvalue weighted by atomic mass is 32.2. The molecular weight excluding hydrogens is 318 g/mol. The van der Waals surface area contributed by atoms with Gasteiger partial charge >= 0.3 is 0 Å². The van der Waals surface area contributed by atoms with E-state index in [1.807, 2.05) is 0 Å². The van der Waals surface area contributed by atoms with Crippen LogP contribution in [-0.2, 0) is 4.79 Å². The van der Waals surface area contributed by atoms with Crippen LogP contribution in [0.15, 0.2) is 5.10 Å². The van der Waals surface area contributed by atoms with Gasteiger partial charge in [0.2, 0.25) is 5.91 Å². The Morgan fingerprint density at radius 1 is 1.27 bits per heavy atom. The lowest BCUT2D eigenvalue weighted by Gasteiger charge is -2.57. The largest absolute Gasteiger partial charge is 0.379 e. The molecule has 4 rings (SSSR count). The van der Waals surface area contributed by atoms with Crippen molar-refractivity contribution < 1.29 is 4.79 Å². The number of nitrogens with one attached hydrogen (secondary N) is 2. The third-order valence-electron chi connectivity index (χ3n) is 5.12. The fourth-order valence-corrected chi connectivity index (χ4v) is 6.38. The van der Waals surface area contributed by atoms with Crippen molar-refractivity contribution in [3.05, 3.63) is 0 Å². The van der Waals surface area contributed by atoms with E-state index >= 15 is 0 Å². The van der Waals surface area contributed by atoms with E-state index in [1.54, 1.807) is 0 Å². The maximum atomic E-state index is 12.7. The van der Waals surface area contributed by atoms with E-state index in [0.29, 0.717) is 0 Å². The summed E-state index contributed by atoms with van der Waals surface area (Å²) in [6, 6.07) is 0. The van der Waals surface area contributed by atoms with Gasteiger partial charge in [0.15, 0.2) is 5.17 Å². The summed E-state index contributed by atoms with van der Waals surface area (Å²) in [6.45, 7) is 0. The van der Waals surface area contributed by atoms with Crippen molar-refractivity contribution >= 4 is 40.1 Å². The highest BCUT2D eigenvalue weighted by molar-refractivity contribution is 8.30. The first-order valence-corrected chi connectivity index (χ1v) is 9.52. The number of nitrogens with two attached hydrogens (primary N) is 2. The van der Waals surface area contributed by atoms with Gasteiger partial charge in [0.25, 0.3) is 0 Å². The molecule has 0 aromatic heterocycles. The van der Waals surface area contributed by atoms with Crippen LogP contribution in [0.25, 0.3) is 0 Å². The van der Waals surface area contributed by atoms with Crippen LogP contribution < -0.4 is 16.9 Å². The molecule has 4 saturated carbocycles. The van der Waals surface area contributed by atoms with Gasteiger partial charge in [-0.05, 0) is 56.3 Å². The van der Waals surface area contributed by atoms with Gasteiger partial charge in [-0.3, -0.25) is 10.2 Å². The number of rotatable bonds is 5. The summed E-state index contributed by atoms with van der Waals surface area (Å²) < 4.78 is -0.502. The predicted molar refractivity (Wildman–Crippen MR) is 92.6 cm³/mol. The zero-order valence-corrected chi connectivity index (χ0v) is 14.1. The van der Waals surface area contributed by atoms with Crippen LogP contribution in [0.1, 0.15) is 38.5 Å². The second-order valence-electron chi connectivity index (χ2n) is 6.89. The Bertz CT molecular complexity index is 460. The zero-order chi connectivity index (χ0) is 15.7. The Morgan fingerprint density at radius 2 is 1.82 bits per heavy atom. The van der Waals surface area contributed by atoms with E-state index < -0.39 is 4.58 Å². The third-order valence-corrected chi connectivity index (χ3v) is 7.13. The minimum absolute atomic E-state index is 0.0259. The minimum Gasteiger partial charge on any atom is -0.379 e. The van der Waals surface area contributed by atoms with Gasteiger partial charge in [-0.1, -0.05) is 23.5 Å². The Kier molecular flexibility index (Phi) is 4.59. The summed E-state index contributed by atoms with van der Waals surface area (Å²) in [7, 11) is 0. The monoisotopic (exact) mass is 341 g/mol. The van der Waals surface area contributed by atoms with Gasteiger partial charge in [-0.15, -0.1) is 0 Å². The molecule has 4 bridgehead atoms. The summed E-state index contributed by atoms with van der Waals surface area (Å²) in [5.74, 6) is 7.40. The molecule has 1 amide bonds. The average molecular weight is 342 g/mol. The molecule has 8 heteroatoms. The summed E-state index contributed by atoms with van der Waals surface area (Å²) >= 11 is 2.24. The highest BCUT2D eigenvalue weighted by Crippen LogP contribution is 2.55. The lowest BCUT2D eigenvalue weighted by atomic mass is 9.53. The molecule has 0 aromatic rings. The number of hydrazone groups is 1. The molecule has 0 spiro atoms. The number of nitrogens with zero attached hydrogens (tertiary/aromatic N) is 1. The summed E-state index contributed by atoms with van der Waals surface area (Å²) in [4.78, 5) is 12.7. The van der Waals surface area contributed by atoms with E-state index in [-0.39, 0.29) is 16.6 Å². The first-order valence-electron chi connectivity index (χ1n) is 7.69. The zero-order valence-electron chi connectivity index (χ0n) is 12.5. The van der Waals surface area contributed by atoms with Crippen molar-refractivity contribution in [3.8, 4) is 0 Å². The first-order chi connectivity index (χ1) is 10.5. The van der Waals surface area contributed by atoms with Crippen LogP contribution in [0.5, 0.6) is 0 Å². The van der Waals surface area contributed by atoms with Crippen molar-refractivity contribution in [1.29, 1.82) is 5.41 Å². The molecule has 0 aliphatic heterocycles. The van der Waals surface area contributed by atoms with Gasteiger partial charge < -0.3 is 16.9 Å². The van der Waals surface area contributed by atoms with Crippen LogP contribution >= 0.6 is 23.5 Å². The topological polar surface area (TPSA) is 117 Å². The number of carbonyl (C=O) groups is 1. The van der Waals surface area contributed by atoms with E-state index in [1.165, 1.54) is 36.6 Å². The predicted octanol–water partition coefficient (Wildman–Crippen LogP) is 1.66. The molecule has 0 radical (unpaired) electrons. The van der Waals surface area contributed by atoms with Crippen LogP contribution in [0.4, 0.5) is 0 Å². The number of amidine groups is 1. The maximum Gasteiger partial charge on any atom is 0.244 e. The number of thioether (sulfide) groups is 2. The fraction of sp³-hybridized carbons (Fsp3) is 0.786. The van der Waals surface area contributed by atoms with Gasteiger partial charge in [0.1, 0.15) is 4.58 Å². The molecule has 6 N–H and O–H groups in total. The molecule has 1 unspecified atom stereocenters. The molecule has 6 nitrogen and oxygen atoms in total. The van der Waals surface area contributed by atoms with Crippen molar-refractivity contribution in [1.82, 2.24) is 5.32 Å².